The molecule has 1 unspecified atom stereocenters. The molecule has 0 aliphatic rings. The molecule has 40 heavy (non-hydrogen) atoms. The van der Waals surface area contributed by atoms with Gasteiger partial charge in [0.25, 0.3) is 0 Å². The zero-order valence-corrected chi connectivity index (χ0v) is 23.7. The van der Waals surface area contributed by atoms with E-state index in [9.17, 15) is 9.59 Å². The van der Waals surface area contributed by atoms with E-state index in [1.807, 2.05) is 79.7 Å². The Kier molecular flexibility index (Phi) is 9.81. The number of carbonyl (C=O) groups is 2. The lowest BCUT2D eigenvalue weighted by atomic mass is 10.0. The molecule has 2 amide bonds. The number of benzene rings is 4. The summed E-state index contributed by atoms with van der Waals surface area (Å²) in [6.07, 6.45) is 0.0719. The molecule has 0 aliphatic carbocycles. The molecule has 7 heteroatoms. The standard InChI is InChI=1S/C33H33ClN2O4/c1-23-9-11-24(12-10-23)21-35-33(38)32(27-7-5-4-6-8-27)36(22-25-13-16-28(34)17-14-25)31(37)20-26-15-18-29(39-2)30(19-26)40-3/h4-19,32H,20-22H2,1-3H3,(H,35,38). The SMILES string of the molecule is COc1ccc(CC(=O)N(Cc2ccc(Cl)cc2)C(C(=O)NCc2ccc(C)cc2)c2ccccc2)cc1OC. The van der Waals surface area contributed by atoms with Gasteiger partial charge in [-0.1, -0.05) is 90.0 Å². The smallest absolute Gasteiger partial charge is 0.247 e. The van der Waals surface area contributed by atoms with Gasteiger partial charge in [-0.15, -0.1) is 0 Å². The van der Waals surface area contributed by atoms with Gasteiger partial charge in [0.05, 0.1) is 20.6 Å². The van der Waals surface area contributed by atoms with Gasteiger partial charge < -0.3 is 19.7 Å². The molecule has 0 saturated carbocycles. The lowest BCUT2D eigenvalue weighted by Gasteiger charge is -2.32. The van der Waals surface area contributed by atoms with Crippen LogP contribution in [0.3, 0.4) is 0 Å². The van der Waals surface area contributed by atoms with Crippen molar-refractivity contribution in [2.24, 2.45) is 0 Å². The van der Waals surface area contributed by atoms with Crippen LogP contribution >= 0.6 is 11.6 Å². The molecule has 0 aromatic heterocycles. The molecule has 4 aromatic rings. The van der Waals surface area contributed by atoms with Crippen molar-refractivity contribution in [2.45, 2.75) is 32.5 Å². The van der Waals surface area contributed by atoms with Gasteiger partial charge in [0.2, 0.25) is 11.8 Å². The minimum atomic E-state index is -0.852. The monoisotopic (exact) mass is 556 g/mol. The number of methoxy groups -OCH3 is 2. The van der Waals surface area contributed by atoms with E-state index in [2.05, 4.69) is 5.32 Å². The molecular formula is C33H33ClN2O4. The van der Waals surface area contributed by atoms with Gasteiger partial charge in [0.1, 0.15) is 6.04 Å². The Morgan fingerprint density at radius 3 is 2.08 bits per heavy atom. The molecule has 0 bridgehead atoms. The molecule has 0 aliphatic heterocycles. The van der Waals surface area contributed by atoms with E-state index in [0.29, 0.717) is 23.1 Å². The molecule has 206 valence electrons. The van der Waals surface area contributed by atoms with E-state index in [1.54, 1.807) is 43.4 Å². The van der Waals surface area contributed by atoms with Crippen LogP contribution in [-0.2, 0) is 29.1 Å². The highest BCUT2D eigenvalue weighted by Gasteiger charge is 2.31. The molecule has 0 spiro atoms. The molecule has 0 heterocycles. The number of aryl methyl sites for hydroxylation is 1. The first-order valence-electron chi connectivity index (χ1n) is 13.0. The molecule has 4 rings (SSSR count). The summed E-state index contributed by atoms with van der Waals surface area (Å²) in [5, 5.41) is 3.65. The molecule has 1 N–H and O–H groups in total. The van der Waals surface area contributed by atoms with Crippen LogP contribution in [0.1, 0.15) is 33.9 Å². The van der Waals surface area contributed by atoms with Crippen LogP contribution in [0.25, 0.3) is 0 Å². The number of halogens is 1. The molecule has 4 aromatic carbocycles. The summed E-state index contributed by atoms with van der Waals surface area (Å²) in [6.45, 7) is 2.59. The minimum absolute atomic E-state index is 0.0719. The summed E-state index contributed by atoms with van der Waals surface area (Å²) < 4.78 is 10.8. The highest BCUT2D eigenvalue weighted by Crippen LogP contribution is 2.30. The second kappa shape index (κ2) is 13.7. The molecule has 0 radical (unpaired) electrons. The van der Waals surface area contributed by atoms with E-state index >= 15 is 0 Å². The van der Waals surface area contributed by atoms with Crippen molar-refractivity contribution in [3.63, 3.8) is 0 Å². The first-order valence-corrected chi connectivity index (χ1v) is 13.4. The first kappa shape index (κ1) is 28.7. The van der Waals surface area contributed by atoms with Crippen LogP contribution in [0, 0.1) is 6.92 Å². The Hall–Kier alpha value is -4.29. The summed E-state index contributed by atoms with van der Waals surface area (Å²) in [7, 11) is 3.12. The quantitative estimate of drug-likeness (QED) is 0.235. The van der Waals surface area contributed by atoms with Crippen LogP contribution < -0.4 is 14.8 Å². The van der Waals surface area contributed by atoms with Crippen LogP contribution in [0.15, 0.2) is 97.1 Å². The number of rotatable bonds is 11. The average molecular weight is 557 g/mol. The fourth-order valence-electron chi connectivity index (χ4n) is 4.48. The zero-order valence-electron chi connectivity index (χ0n) is 22.9. The summed E-state index contributed by atoms with van der Waals surface area (Å²) in [5.74, 6) is 0.643. The number of nitrogens with one attached hydrogen (secondary N) is 1. The van der Waals surface area contributed by atoms with E-state index in [0.717, 1.165) is 27.8 Å². The van der Waals surface area contributed by atoms with Crippen molar-refractivity contribution in [3.05, 3.63) is 130 Å². The van der Waals surface area contributed by atoms with Gasteiger partial charge in [-0.05, 0) is 53.4 Å². The van der Waals surface area contributed by atoms with Crippen molar-refractivity contribution in [1.29, 1.82) is 0 Å². The lowest BCUT2D eigenvalue weighted by molar-refractivity contribution is -0.141. The van der Waals surface area contributed by atoms with Crippen LogP contribution in [0.5, 0.6) is 11.5 Å². The highest BCUT2D eigenvalue weighted by molar-refractivity contribution is 6.30. The fourth-order valence-corrected chi connectivity index (χ4v) is 4.60. The number of ether oxygens (including phenoxy) is 2. The van der Waals surface area contributed by atoms with Crippen LogP contribution in [0.2, 0.25) is 5.02 Å². The van der Waals surface area contributed by atoms with E-state index in [1.165, 1.54) is 0 Å². The second-order valence-corrected chi connectivity index (χ2v) is 9.97. The van der Waals surface area contributed by atoms with Gasteiger partial charge in [-0.25, -0.2) is 0 Å². The molecule has 0 saturated heterocycles. The van der Waals surface area contributed by atoms with Gasteiger partial charge in [0.15, 0.2) is 11.5 Å². The molecule has 1 atom stereocenters. The Morgan fingerprint density at radius 1 is 0.800 bits per heavy atom. The average Bonchev–Trinajstić information content (AvgIpc) is 2.98. The maximum Gasteiger partial charge on any atom is 0.247 e. The lowest BCUT2D eigenvalue weighted by Crippen LogP contribution is -2.43. The third-order valence-corrected chi connectivity index (χ3v) is 6.90. The number of hydrogen-bond donors (Lipinski definition) is 1. The maximum atomic E-state index is 14.0. The van der Waals surface area contributed by atoms with Crippen molar-refractivity contribution in [1.82, 2.24) is 10.2 Å². The third kappa shape index (κ3) is 7.42. The number of amides is 2. The van der Waals surface area contributed by atoms with Crippen LogP contribution in [-0.4, -0.2) is 30.9 Å². The Morgan fingerprint density at radius 2 is 1.43 bits per heavy atom. The summed E-state index contributed by atoms with van der Waals surface area (Å²) >= 11 is 6.12. The van der Waals surface area contributed by atoms with Gasteiger partial charge in [-0.3, -0.25) is 9.59 Å². The topological polar surface area (TPSA) is 67.9 Å². The van der Waals surface area contributed by atoms with Gasteiger partial charge in [-0.2, -0.15) is 0 Å². The normalized spacial score (nSPS) is 11.4. The largest absolute Gasteiger partial charge is 0.493 e. The summed E-state index contributed by atoms with van der Waals surface area (Å²) in [6, 6.07) is 29.2. The number of hydrogen-bond acceptors (Lipinski definition) is 4. The third-order valence-electron chi connectivity index (χ3n) is 6.65. The summed E-state index contributed by atoms with van der Waals surface area (Å²) in [4.78, 5) is 29.5. The predicted molar refractivity (Wildman–Crippen MR) is 157 cm³/mol. The predicted octanol–water partition coefficient (Wildman–Crippen LogP) is 6.29. The van der Waals surface area contributed by atoms with E-state index in [-0.39, 0.29) is 24.8 Å². The second-order valence-electron chi connectivity index (χ2n) is 9.53. The Balaban J connectivity index is 1.68. The number of carbonyl (C=O) groups excluding carboxylic acids is 2. The van der Waals surface area contributed by atoms with Crippen molar-refractivity contribution >= 4 is 23.4 Å². The first-order chi connectivity index (χ1) is 19.4. The maximum absolute atomic E-state index is 14.0. The molecule has 6 nitrogen and oxygen atoms in total. The van der Waals surface area contributed by atoms with Crippen molar-refractivity contribution < 1.29 is 19.1 Å². The van der Waals surface area contributed by atoms with Crippen molar-refractivity contribution in [3.8, 4) is 11.5 Å². The van der Waals surface area contributed by atoms with Gasteiger partial charge in [0, 0.05) is 18.1 Å². The molecule has 0 fully saturated rings. The highest BCUT2D eigenvalue weighted by atomic mass is 35.5. The van der Waals surface area contributed by atoms with Crippen LogP contribution in [0.4, 0.5) is 0 Å². The minimum Gasteiger partial charge on any atom is -0.493 e. The molecular weight excluding hydrogens is 524 g/mol. The van der Waals surface area contributed by atoms with Gasteiger partial charge >= 0.3 is 0 Å². The Bertz CT molecular complexity index is 1420. The van der Waals surface area contributed by atoms with Crippen molar-refractivity contribution in [2.75, 3.05) is 14.2 Å². The zero-order chi connectivity index (χ0) is 28.5. The van der Waals surface area contributed by atoms with E-state index < -0.39 is 6.04 Å². The summed E-state index contributed by atoms with van der Waals surface area (Å²) in [5.41, 5.74) is 4.45. The number of nitrogens with zero attached hydrogens (tertiary/aromatic N) is 1. The Labute approximate surface area is 240 Å². The van der Waals surface area contributed by atoms with E-state index in [4.69, 9.17) is 21.1 Å². The fraction of sp³-hybridized carbons (Fsp3) is 0.212.